The maximum absolute atomic E-state index is 6.11. The van der Waals surface area contributed by atoms with Gasteiger partial charge < -0.3 is 14.2 Å². The normalized spacial score (nSPS) is 14.2. The Hall–Kier alpha value is -2.00. The number of ether oxygens (including phenoxy) is 3. The van der Waals surface area contributed by atoms with Crippen LogP contribution in [0.2, 0.25) is 0 Å². The largest absolute Gasteiger partial charge is 0.491 e. The quantitative estimate of drug-likeness (QED) is 0.188. The van der Waals surface area contributed by atoms with Crippen molar-refractivity contribution < 1.29 is 14.2 Å². The van der Waals surface area contributed by atoms with Gasteiger partial charge in [0.25, 0.3) is 0 Å². The first-order valence-electron chi connectivity index (χ1n) is 11.0. The van der Waals surface area contributed by atoms with Crippen LogP contribution in [0.5, 0.6) is 5.75 Å². The molecular formula is C27H42O3. The molecule has 0 spiro atoms. The van der Waals surface area contributed by atoms with Crippen molar-refractivity contribution in [1.82, 2.24) is 0 Å². The molecule has 0 bridgehead atoms. The molecule has 1 aromatic rings. The lowest BCUT2D eigenvalue weighted by molar-refractivity contribution is -0.124. The van der Waals surface area contributed by atoms with E-state index in [1.807, 2.05) is 19.1 Å². The summed E-state index contributed by atoms with van der Waals surface area (Å²) in [5, 5.41) is 0. The predicted molar refractivity (Wildman–Crippen MR) is 128 cm³/mol. The summed E-state index contributed by atoms with van der Waals surface area (Å²) >= 11 is 0. The molecule has 0 aliphatic rings. The van der Waals surface area contributed by atoms with Gasteiger partial charge in [-0.15, -0.1) is 0 Å². The van der Waals surface area contributed by atoms with Crippen molar-refractivity contribution in [2.24, 2.45) is 11.3 Å². The maximum atomic E-state index is 6.11. The van der Waals surface area contributed by atoms with Crippen molar-refractivity contribution in [3.05, 3.63) is 66.5 Å². The molecule has 30 heavy (non-hydrogen) atoms. The fourth-order valence-electron chi connectivity index (χ4n) is 3.06. The summed E-state index contributed by atoms with van der Waals surface area (Å²) in [5.74, 6) is 2.41. The summed E-state index contributed by atoms with van der Waals surface area (Å²) in [6.07, 6.45) is 4.38. The molecule has 0 aromatic heterocycles. The third-order valence-electron chi connectivity index (χ3n) is 4.98. The van der Waals surface area contributed by atoms with Crippen molar-refractivity contribution in [3.8, 4) is 5.75 Å². The predicted octanol–water partition coefficient (Wildman–Crippen LogP) is 7.65. The average molecular weight is 415 g/mol. The van der Waals surface area contributed by atoms with E-state index in [1.54, 1.807) is 0 Å². The van der Waals surface area contributed by atoms with Crippen LogP contribution in [0, 0.1) is 11.3 Å². The van der Waals surface area contributed by atoms with E-state index in [2.05, 4.69) is 85.9 Å². The summed E-state index contributed by atoms with van der Waals surface area (Å²) in [6, 6.07) is 8.38. The minimum Gasteiger partial charge on any atom is -0.491 e. The Kier molecular flexibility index (Phi) is 10.4. The fourth-order valence-corrected chi connectivity index (χ4v) is 3.06. The van der Waals surface area contributed by atoms with Crippen molar-refractivity contribution in [2.45, 2.75) is 80.1 Å². The van der Waals surface area contributed by atoms with Gasteiger partial charge in [-0.3, -0.25) is 0 Å². The van der Waals surface area contributed by atoms with Crippen molar-refractivity contribution in [3.63, 3.8) is 0 Å². The summed E-state index contributed by atoms with van der Waals surface area (Å²) in [7, 11) is 0. The molecule has 0 N–H and O–H groups in total. The molecule has 1 aromatic carbocycles. The number of benzene rings is 1. The smallest absolute Gasteiger partial charge is 0.196 e. The number of allylic oxidation sites excluding steroid dienone is 3. The molecule has 3 heteroatoms. The molecular weight excluding hydrogens is 372 g/mol. The Balaban J connectivity index is 2.44. The molecule has 1 rings (SSSR count). The van der Waals surface area contributed by atoms with Crippen molar-refractivity contribution in [2.75, 3.05) is 6.61 Å². The van der Waals surface area contributed by atoms with Gasteiger partial charge in [0.15, 0.2) is 6.29 Å². The van der Waals surface area contributed by atoms with Crippen LogP contribution < -0.4 is 4.74 Å². The molecule has 0 aliphatic heterocycles. The average Bonchev–Trinajstić information content (AvgIpc) is 2.64. The lowest BCUT2D eigenvalue weighted by Crippen LogP contribution is -2.29. The molecule has 2 atom stereocenters. The Morgan fingerprint density at radius 3 is 2.10 bits per heavy atom. The van der Waals surface area contributed by atoms with Crippen LogP contribution in [0.3, 0.4) is 0 Å². The van der Waals surface area contributed by atoms with Gasteiger partial charge in [-0.2, -0.15) is 0 Å². The van der Waals surface area contributed by atoms with Crippen molar-refractivity contribution >= 4 is 0 Å². The highest BCUT2D eigenvalue weighted by Gasteiger charge is 2.24. The summed E-state index contributed by atoms with van der Waals surface area (Å²) in [6.45, 7) is 25.5. The Morgan fingerprint density at radius 1 is 0.967 bits per heavy atom. The minimum atomic E-state index is -0.367. The summed E-state index contributed by atoms with van der Waals surface area (Å²) in [4.78, 5) is 0. The zero-order chi connectivity index (χ0) is 22.9. The second-order valence-corrected chi connectivity index (χ2v) is 9.55. The first kappa shape index (κ1) is 26.0. The van der Waals surface area contributed by atoms with Gasteiger partial charge in [0.2, 0.25) is 0 Å². The summed E-state index contributed by atoms with van der Waals surface area (Å²) < 4.78 is 17.8. The Labute approximate surface area is 184 Å². The van der Waals surface area contributed by atoms with E-state index in [4.69, 9.17) is 14.2 Å². The van der Waals surface area contributed by atoms with Crippen LogP contribution >= 0.6 is 0 Å². The molecule has 0 amide bonds. The number of rotatable bonds is 13. The van der Waals surface area contributed by atoms with E-state index in [-0.39, 0.29) is 17.8 Å². The summed E-state index contributed by atoms with van der Waals surface area (Å²) in [5.41, 5.74) is 2.32. The Bertz CT molecular complexity index is 695. The van der Waals surface area contributed by atoms with Crippen LogP contribution in [-0.2, 0) is 9.47 Å². The number of hydrogen-bond acceptors (Lipinski definition) is 3. The van der Waals surface area contributed by atoms with E-state index >= 15 is 0 Å². The lowest BCUT2D eigenvalue weighted by atomic mass is 9.88. The van der Waals surface area contributed by atoms with E-state index in [0.29, 0.717) is 24.2 Å². The van der Waals surface area contributed by atoms with E-state index in [0.717, 1.165) is 17.7 Å². The third-order valence-corrected chi connectivity index (χ3v) is 4.98. The zero-order valence-electron chi connectivity index (χ0n) is 20.3. The van der Waals surface area contributed by atoms with Crippen LogP contribution in [0.4, 0.5) is 0 Å². The maximum Gasteiger partial charge on any atom is 0.196 e. The Morgan fingerprint density at radius 2 is 1.57 bits per heavy atom. The molecule has 0 aliphatic carbocycles. The van der Waals surface area contributed by atoms with Crippen LogP contribution in [0.25, 0.3) is 0 Å². The van der Waals surface area contributed by atoms with Gasteiger partial charge in [0.1, 0.15) is 11.5 Å². The van der Waals surface area contributed by atoms with E-state index in [9.17, 15) is 0 Å². The fraction of sp³-hybridized carbons (Fsp3) is 0.556. The molecule has 0 fully saturated rings. The molecule has 168 valence electrons. The molecule has 2 unspecified atom stereocenters. The van der Waals surface area contributed by atoms with Gasteiger partial charge >= 0.3 is 0 Å². The molecule has 0 saturated heterocycles. The second kappa shape index (κ2) is 12.0. The first-order chi connectivity index (χ1) is 13.9. The van der Waals surface area contributed by atoms with Gasteiger partial charge in [-0.1, -0.05) is 78.5 Å². The van der Waals surface area contributed by atoms with Crippen LogP contribution in [-0.4, -0.2) is 19.0 Å². The lowest BCUT2D eigenvalue weighted by Gasteiger charge is -2.29. The minimum absolute atomic E-state index is 0.0436. The SMILES string of the molecule is C=C(/C=C\C(=C)C(C)C)OC(C)OCC(C)(C)CC(C)Oc1ccc(C(C)C)cc1. The second-order valence-electron chi connectivity index (χ2n) is 9.55. The molecule has 3 nitrogen and oxygen atoms in total. The van der Waals surface area contributed by atoms with Crippen LogP contribution in [0.1, 0.15) is 73.3 Å². The highest BCUT2D eigenvalue weighted by Crippen LogP contribution is 2.27. The highest BCUT2D eigenvalue weighted by molar-refractivity contribution is 5.29. The van der Waals surface area contributed by atoms with Gasteiger partial charge in [-0.05, 0) is 61.3 Å². The number of hydrogen-bond donors (Lipinski definition) is 0. The van der Waals surface area contributed by atoms with E-state index < -0.39 is 0 Å². The molecule has 0 saturated carbocycles. The zero-order valence-corrected chi connectivity index (χ0v) is 20.3. The topological polar surface area (TPSA) is 27.7 Å². The van der Waals surface area contributed by atoms with Crippen LogP contribution in [0.15, 0.2) is 60.9 Å². The highest BCUT2D eigenvalue weighted by atomic mass is 16.7. The molecule has 0 heterocycles. The third kappa shape index (κ3) is 10.2. The first-order valence-corrected chi connectivity index (χ1v) is 11.0. The van der Waals surface area contributed by atoms with Gasteiger partial charge in [-0.25, -0.2) is 0 Å². The van der Waals surface area contributed by atoms with Gasteiger partial charge in [0.05, 0.1) is 12.7 Å². The van der Waals surface area contributed by atoms with E-state index in [1.165, 1.54) is 5.56 Å². The van der Waals surface area contributed by atoms with Gasteiger partial charge in [0, 0.05) is 0 Å². The molecule has 0 radical (unpaired) electrons. The standard InChI is InChI=1S/C27H42O3/c1-19(2)21(5)11-12-22(6)29-24(8)28-18-27(9,10)17-23(7)30-26-15-13-25(14-16-26)20(3)4/h11-16,19-20,23-24H,5-6,17-18H2,1-4,7-10H3/b12-11-. The van der Waals surface area contributed by atoms with Crippen molar-refractivity contribution in [1.29, 1.82) is 0 Å². The monoisotopic (exact) mass is 414 g/mol.